The smallest absolute Gasteiger partial charge is 0.128 e. The van der Waals surface area contributed by atoms with Crippen molar-refractivity contribution in [2.45, 2.75) is 11.9 Å². The second-order valence-corrected chi connectivity index (χ2v) is 6.19. The molecule has 0 amide bonds. The van der Waals surface area contributed by atoms with Gasteiger partial charge in [0.25, 0.3) is 0 Å². The molecule has 3 rings (SSSR count). The number of aryl methyl sites for hydroxylation is 1. The third-order valence-electron chi connectivity index (χ3n) is 2.49. The zero-order chi connectivity index (χ0) is 11.8. The summed E-state index contributed by atoms with van der Waals surface area (Å²) in [5.74, 6) is 0.849. The fourth-order valence-electron chi connectivity index (χ4n) is 1.77. The van der Waals surface area contributed by atoms with Crippen molar-refractivity contribution in [1.82, 2.24) is 9.97 Å². The van der Waals surface area contributed by atoms with E-state index in [2.05, 4.69) is 39.1 Å². The van der Waals surface area contributed by atoms with E-state index in [1.165, 1.54) is 15.8 Å². The van der Waals surface area contributed by atoms with Crippen LogP contribution in [0.25, 0.3) is 20.7 Å². The van der Waals surface area contributed by atoms with Crippen LogP contribution in [-0.2, 0) is 0 Å². The average Bonchev–Trinajstić information content (AvgIpc) is 2.94. The maximum absolute atomic E-state index is 4.53. The summed E-state index contributed by atoms with van der Waals surface area (Å²) in [6.07, 6.45) is 2.07. The van der Waals surface area contributed by atoms with Gasteiger partial charge in [-0.15, -0.1) is 34.4 Å². The summed E-state index contributed by atoms with van der Waals surface area (Å²) in [5.41, 5.74) is 1.27. The van der Waals surface area contributed by atoms with E-state index >= 15 is 0 Å². The minimum Gasteiger partial charge on any atom is -0.226 e. The number of hydrogen-bond donors (Lipinski definition) is 0. The van der Waals surface area contributed by atoms with Gasteiger partial charge < -0.3 is 0 Å². The molecule has 0 aliphatic rings. The van der Waals surface area contributed by atoms with E-state index in [9.17, 15) is 0 Å². The number of rotatable bonds is 2. The summed E-state index contributed by atoms with van der Waals surface area (Å²) in [5, 5.41) is 6.57. The van der Waals surface area contributed by atoms with Crippen LogP contribution in [0.4, 0.5) is 0 Å². The van der Waals surface area contributed by atoms with Gasteiger partial charge in [-0.25, -0.2) is 9.97 Å². The fourth-order valence-corrected chi connectivity index (χ4v) is 4.28. The van der Waals surface area contributed by atoms with Crippen molar-refractivity contribution < 1.29 is 0 Å². The van der Waals surface area contributed by atoms with Gasteiger partial charge in [0, 0.05) is 15.8 Å². The standard InChI is InChI=1S/C12H10N2S3/c1-7-13-11(15-2)10-8(6-17-12(10)14-7)9-4-3-5-16-9/h3-6H,1-2H3. The molecule has 0 saturated carbocycles. The molecule has 3 aromatic heterocycles. The molecule has 5 heteroatoms. The van der Waals surface area contributed by atoms with E-state index in [4.69, 9.17) is 0 Å². The molecule has 3 heterocycles. The van der Waals surface area contributed by atoms with E-state index in [0.29, 0.717) is 0 Å². The normalized spacial score (nSPS) is 11.2. The SMILES string of the molecule is CSc1nc(C)nc2scc(-c3cccs3)c12. The third-order valence-corrected chi connectivity index (χ3v) is 4.95. The van der Waals surface area contributed by atoms with Crippen LogP contribution in [0.2, 0.25) is 0 Å². The molecule has 17 heavy (non-hydrogen) atoms. The van der Waals surface area contributed by atoms with E-state index < -0.39 is 0 Å². The van der Waals surface area contributed by atoms with Gasteiger partial charge in [-0.1, -0.05) is 6.07 Å². The maximum atomic E-state index is 4.53. The van der Waals surface area contributed by atoms with Crippen LogP contribution >= 0.6 is 34.4 Å². The molecule has 0 aromatic carbocycles. The number of hydrogen-bond acceptors (Lipinski definition) is 5. The summed E-state index contributed by atoms with van der Waals surface area (Å²) in [6, 6.07) is 4.23. The van der Waals surface area contributed by atoms with Crippen LogP contribution in [0.5, 0.6) is 0 Å². The number of thioether (sulfide) groups is 1. The second-order valence-electron chi connectivity index (χ2n) is 3.59. The molecular weight excluding hydrogens is 268 g/mol. The molecule has 0 radical (unpaired) electrons. The van der Waals surface area contributed by atoms with Crippen molar-refractivity contribution in [1.29, 1.82) is 0 Å². The van der Waals surface area contributed by atoms with Gasteiger partial charge in [-0.3, -0.25) is 0 Å². The van der Waals surface area contributed by atoms with Crippen molar-refractivity contribution >= 4 is 44.7 Å². The van der Waals surface area contributed by atoms with E-state index in [1.807, 2.05) is 6.92 Å². The lowest BCUT2D eigenvalue weighted by Crippen LogP contribution is -1.90. The van der Waals surface area contributed by atoms with Gasteiger partial charge in [0.15, 0.2) is 0 Å². The first-order chi connectivity index (χ1) is 8.29. The van der Waals surface area contributed by atoms with Gasteiger partial charge in [-0.05, 0) is 24.6 Å². The Kier molecular flexibility index (Phi) is 2.90. The molecule has 0 aliphatic heterocycles. The minimum atomic E-state index is 0.849. The van der Waals surface area contributed by atoms with Crippen molar-refractivity contribution in [3.63, 3.8) is 0 Å². The summed E-state index contributed by atoms with van der Waals surface area (Å²) in [4.78, 5) is 11.4. The van der Waals surface area contributed by atoms with Crippen LogP contribution in [0.3, 0.4) is 0 Å². The zero-order valence-corrected chi connectivity index (χ0v) is 11.9. The Balaban J connectivity index is 2.34. The van der Waals surface area contributed by atoms with Crippen LogP contribution in [0.1, 0.15) is 5.82 Å². The highest BCUT2D eigenvalue weighted by atomic mass is 32.2. The summed E-state index contributed by atoms with van der Waals surface area (Å²) in [6.45, 7) is 1.95. The predicted octanol–water partition coefficient (Wildman–Crippen LogP) is 4.45. The second kappa shape index (κ2) is 4.40. The largest absolute Gasteiger partial charge is 0.226 e. The van der Waals surface area contributed by atoms with Crippen LogP contribution in [0, 0.1) is 6.92 Å². The highest BCUT2D eigenvalue weighted by molar-refractivity contribution is 7.98. The van der Waals surface area contributed by atoms with Gasteiger partial charge in [0.2, 0.25) is 0 Å². The van der Waals surface area contributed by atoms with Crippen LogP contribution in [0.15, 0.2) is 27.9 Å². The quantitative estimate of drug-likeness (QED) is 0.511. The molecule has 0 aliphatic carbocycles. The highest BCUT2D eigenvalue weighted by Crippen LogP contribution is 2.39. The lowest BCUT2D eigenvalue weighted by Gasteiger charge is -2.02. The Bertz CT molecular complexity index is 656. The minimum absolute atomic E-state index is 0.849. The lowest BCUT2D eigenvalue weighted by atomic mass is 10.2. The molecule has 0 bridgehead atoms. The Morgan fingerprint density at radius 1 is 1.24 bits per heavy atom. The molecule has 2 nitrogen and oxygen atoms in total. The molecule has 3 aromatic rings. The van der Waals surface area contributed by atoms with Gasteiger partial charge >= 0.3 is 0 Å². The van der Waals surface area contributed by atoms with Crippen molar-refractivity contribution in [2.24, 2.45) is 0 Å². The Hall–Kier alpha value is -0.910. The highest BCUT2D eigenvalue weighted by Gasteiger charge is 2.13. The van der Waals surface area contributed by atoms with E-state index in [0.717, 1.165) is 15.7 Å². The predicted molar refractivity (Wildman–Crippen MR) is 77.2 cm³/mol. The summed E-state index contributed by atoms with van der Waals surface area (Å²) < 4.78 is 0. The first-order valence-corrected chi connectivity index (χ1v) is 8.11. The summed E-state index contributed by atoms with van der Waals surface area (Å²) in [7, 11) is 0. The fraction of sp³-hybridized carbons (Fsp3) is 0.167. The lowest BCUT2D eigenvalue weighted by molar-refractivity contribution is 1.02. The number of aromatic nitrogens is 2. The van der Waals surface area contributed by atoms with Gasteiger partial charge in [0.05, 0.1) is 5.39 Å². The van der Waals surface area contributed by atoms with Crippen LogP contribution < -0.4 is 0 Å². The topological polar surface area (TPSA) is 25.8 Å². The Morgan fingerprint density at radius 3 is 2.82 bits per heavy atom. The van der Waals surface area contributed by atoms with Crippen molar-refractivity contribution in [3.8, 4) is 10.4 Å². The first kappa shape index (κ1) is 11.2. The molecule has 86 valence electrons. The molecule has 0 unspecified atom stereocenters. The van der Waals surface area contributed by atoms with Crippen molar-refractivity contribution in [3.05, 3.63) is 28.7 Å². The monoisotopic (exact) mass is 278 g/mol. The van der Waals surface area contributed by atoms with E-state index in [-0.39, 0.29) is 0 Å². The Morgan fingerprint density at radius 2 is 2.12 bits per heavy atom. The molecule has 0 saturated heterocycles. The first-order valence-electron chi connectivity index (χ1n) is 5.13. The van der Waals surface area contributed by atoms with Crippen molar-refractivity contribution in [2.75, 3.05) is 6.26 Å². The average molecular weight is 278 g/mol. The van der Waals surface area contributed by atoms with Gasteiger partial charge in [-0.2, -0.15) is 0 Å². The molecule has 0 N–H and O–H groups in total. The zero-order valence-electron chi connectivity index (χ0n) is 9.43. The molecule has 0 atom stereocenters. The number of fused-ring (bicyclic) bond motifs is 1. The third kappa shape index (κ3) is 1.88. The van der Waals surface area contributed by atoms with Crippen LogP contribution in [-0.4, -0.2) is 16.2 Å². The number of nitrogens with zero attached hydrogens (tertiary/aromatic N) is 2. The number of thiophene rings is 2. The summed E-state index contributed by atoms with van der Waals surface area (Å²) >= 11 is 5.15. The molecule has 0 spiro atoms. The Labute approximate surface area is 112 Å². The van der Waals surface area contributed by atoms with Gasteiger partial charge in [0.1, 0.15) is 15.7 Å². The molecular formula is C12H10N2S3. The maximum Gasteiger partial charge on any atom is 0.128 e. The molecule has 0 fully saturated rings. The van der Waals surface area contributed by atoms with E-state index in [1.54, 1.807) is 34.4 Å².